The van der Waals surface area contributed by atoms with Crippen molar-refractivity contribution in [3.63, 3.8) is 0 Å². The van der Waals surface area contributed by atoms with Gasteiger partial charge in [-0.05, 0) is 31.2 Å². The summed E-state index contributed by atoms with van der Waals surface area (Å²) in [5, 5.41) is 10.3. The second kappa shape index (κ2) is 6.32. The minimum Gasteiger partial charge on any atom is -0.347 e. The quantitative estimate of drug-likeness (QED) is 0.818. The number of aromatic nitrogens is 3. The summed E-state index contributed by atoms with van der Waals surface area (Å²) in [5.41, 5.74) is 1.66. The van der Waals surface area contributed by atoms with E-state index in [1.54, 1.807) is 23.1 Å². The molecule has 0 aliphatic carbocycles. The van der Waals surface area contributed by atoms with Crippen LogP contribution in [0.15, 0.2) is 48.3 Å². The van der Waals surface area contributed by atoms with Crippen molar-refractivity contribution in [3.05, 3.63) is 54.0 Å². The van der Waals surface area contributed by atoms with Gasteiger partial charge in [-0.3, -0.25) is 4.79 Å². The first-order valence-electron chi connectivity index (χ1n) is 6.97. The number of pyridine rings is 1. The predicted molar refractivity (Wildman–Crippen MR) is 79.3 cm³/mol. The van der Waals surface area contributed by atoms with E-state index < -0.39 is 0 Å². The second-order valence-corrected chi connectivity index (χ2v) is 4.83. The lowest BCUT2D eigenvalue weighted by atomic mass is 10.1. The molecule has 0 unspecified atom stereocenters. The minimum absolute atomic E-state index is 0.163. The average Bonchev–Trinajstić information content (AvgIpc) is 3.08. The number of carbonyl (C=O) groups is 1. The summed E-state index contributed by atoms with van der Waals surface area (Å²) in [4.78, 5) is 16.5. The Hall–Kier alpha value is -2.47. The maximum atomic E-state index is 12.2. The van der Waals surface area contributed by atoms with Crippen molar-refractivity contribution >= 4 is 5.91 Å². The van der Waals surface area contributed by atoms with Crippen LogP contribution in [0.5, 0.6) is 0 Å². The molecule has 108 valence electrons. The molecule has 2 aromatic heterocycles. The molecular formula is C15H17N5O. The van der Waals surface area contributed by atoms with Gasteiger partial charge in [0.05, 0.1) is 0 Å². The molecular weight excluding hydrogens is 266 g/mol. The lowest BCUT2D eigenvalue weighted by Crippen LogP contribution is -2.30. The van der Waals surface area contributed by atoms with Crippen LogP contribution in [0.3, 0.4) is 0 Å². The van der Waals surface area contributed by atoms with Gasteiger partial charge in [-0.2, -0.15) is 5.10 Å². The largest absolute Gasteiger partial charge is 0.347 e. The van der Waals surface area contributed by atoms with Crippen LogP contribution in [0.4, 0.5) is 0 Å². The van der Waals surface area contributed by atoms with Gasteiger partial charge in [-0.25, -0.2) is 9.67 Å². The molecule has 0 fully saturated rings. The molecule has 3 heterocycles. The van der Waals surface area contributed by atoms with Crippen molar-refractivity contribution in [2.75, 3.05) is 19.6 Å². The van der Waals surface area contributed by atoms with Crippen molar-refractivity contribution in [1.29, 1.82) is 0 Å². The molecule has 2 N–H and O–H groups in total. The van der Waals surface area contributed by atoms with E-state index in [4.69, 9.17) is 0 Å². The van der Waals surface area contributed by atoms with Gasteiger partial charge in [0, 0.05) is 25.5 Å². The van der Waals surface area contributed by atoms with Crippen LogP contribution in [-0.2, 0) is 0 Å². The Balaban J connectivity index is 1.67. The molecule has 6 heteroatoms. The Bertz CT molecular complexity index is 648. The van der Waals surface area contributed by atoms with Crippen molar-refractivity contribution in [2.45, 2.75) is 6.42 Å². The summed E-state index contributed by atoms with van der Waals surface area (Å²) in [7, 11) is 0. The zero-order valence-electron chi connectivity index (χ0n) is 11.6. The van der Waals surface area contributed by atoms with Crippen molar-refractivity contribution in [3.8, 4) is 5.82 Å². The van der Waals surface area contributed by atoms with Crippen molar-refractivity contribution in [1.82, 2.24) is 25.4 Å². The Morgan fingerprint density at radius 1 is 1.38 bits per heavy atom. The van der Waals surface area contributed by atoms with E-state index in [9.17, 15) is 4.79 Å². The van der Waals surface area contributed by atoms with Gasteiger partial charge >= 0.3 is 0 Å². The lowest BCUT2D eigenvalue weighted by molar-refractivity contribution is 0.0951. The van der Waals surface area contributed by atoms with E-state index in [0.29, 0.717) is 18.1 Å². The van der Waals surface area contributed by atoms with Gasteiger partial charge in [-0.1, -0.05) is 17.7 Å². The van der Waals surface area contributed by atoms with Crippen LogP contribution in [0, 0.1) is 0 Å². The summed E-state index contributed by atoms with van der Waals surface area (Å²) in [6.07, 6.45) is 6.57. The highest BCUT2D eigenvalue weighted by Crippen LogP contribution is 2.06. The molecule has 0 saturated carbocycles. The maximum Gasteiger partial charge on any atom is 0.270 e. The van der Waals surface area contributed by atoms with Gasteiger partial charge in [0.1, 0.15) is 5.69 Å². The van der Waals surface area contributed by atoms with Crippen LogP contribution in [0.1, 0.15) is 16.9 Å². The number of nitrogens with zero attached hydrogens (tertiary/aromatic N) is 3. The average molecular weight is 283 g/mol. The molecule has 2 aromatic rings. The van der Waals surface area contributed by atoms with E-state index in [2.05, 4.69) is 26.8 Å². The highest BCUT2D eigenvalue weighted by atomic mass is 16.1. The number of nitrogens with one attached hydrogen (secondary N) is 2. The molecule has 1 aliphatic heterocycles. The summed E-state index contributed by atoms with van der Waals surface area (Å²) in [5.74, 6) is 0.470. The number of hydrogen-bond donors (Lipinski definition) is 2. The number of carbonyl (C=O) groups excluding carboxylic acids is 1. The fourth-order valence-electron chi connectivity index (χ4n) is 2.20. The Morgan fingerprint density at radius 3 is 3.10 bits per heavy atom. The molecule has 21 heavy (non-hydrogen) atoms. The van der Waals surface area contributed by atoms with Gasteiger partial charge in [0.2, 0.25) is 0 Å². The monoisotopic (exact) mass is 283 g/mol. The first kappa shape index (κ1) is 13.5. The van der Waals surface area contributed by atoms with Crippen LogP contribution in [-0.4, -0.2) is 40.3 Å². The standard InChI is InChI=1S/C15H17N5O/c21-15(17-11-12-5-8-16-9-6-12)13-3-1-4-14(19-13)20-10-2-7-18-20/h1-5,7,10,16H,6,8-9,11H2,(H,17,21). The molecule has 3 rings (SSSR count). The topological polar surface area (TPSA) is 71.8 Å². The molecule has 0 atom stereocenters. The van der Waals surface area contributed by atoms with Crippen LogP contribution in [0.25, 0.3) is 5.82 Å². The van der Waals surface area contributed by atoms with E-state index in [1.165, 1.54) is 5.57 Å². The molecule has 0 saturated heterocycles. The predicted octanol–water partition coefficient (Wildman–Crippen LogP) is 0.917. The van der Waals surface area contributed by atoms with Gasteiger partial charge in [0.15, 0.2) is 5.82 Å². The SMILES string of the molecule is O=C(NCC1=CCNCC1)c1cccc(-n2cccn2)n1. The molecule has 1 aliphatic rings. The van der Waals surface area contributed by atoms with E-state index in [0.717, 1.165) is 19.5 Å². The van der Waals surface area contributed by atoms with E-state index in [1.807, 2.05) is 18.2 Å². The maximum absolute atomic E-state index is 12.2. The summed E-state index contributed by atoms with van der Waals surface area (Å²) >= 11 is 0. The Kier molecular flexibility index (Phi) is 4.07. The van der Waals surface area contributed by atoms with Gasteiger partial charge in [0.25, 0.3) is 5.91 Å². The molecule has 0 aromatic carbocycles. The highest BCUT2D eigenvalue weighted by Gasteiger charge is 2.10. The molecule has 6 nitrogen and oxygen atoms in total. The third-order valence-electron chi connectivity index (χ3n) is 3.34. The Labute approximate surface area is 122 Å². The van der Waals surface area contributed by atoms with Crippen molar-refractivity contribution < 1.29 is 4.79 Å². The minimum atomic E-state index is -0.163. The van der Waals surface area contributed by atoms with Crippen molar-refractivity contribution in [2.24, 2.45) is 0 Å². The van der Waals surface area contributed by atoms with E-state index >= 15 is 0 Å². The zero-order chi connectivity index (χ0) is 14.5. The van der Waals surface area contributed by atoms with Crippen LogP contribution in [0.2, 0.25) is 0 Å². The summed E-state index contributed by atoms with van der Waals surface area (Å²) in [6.45, 7) is 2.42. The molecule has 0 bridgehead atoms. The summed E-state index contributed by atoms with van der Waals surface area (Å²) in [6, 6.07) is 7.15. The zero-order valence-corrected chi connectivity index (χ0v) is 11.6. The fraction of sp³-hybridized carbons (Fsp3) is 0.267. The third-order valence-corrected chi connectivity index (χ3v) is 3.34. The molecule has 1 amide bonds. The van der Waals surface area contributed by atoms with Gasteiger partial charge < -0.3 is 10.6 Å². The first-order chi connectivity index (χ1) is 10.3. The number of hydrogen-bond acceptors (Lipinski definition) is 4. The lowest BCUT2D eigenvalue weighted by Gasteiger charge is -2.14. The van der Waals surface area contributed by atoms with E-state index in [-0.39, 0.29) is 5.91 Å². The summed E-state index contributed by atoms with van der Waals surface area (Å²) < 4.78 is 1.63. The second-order valence-electron chi connectivity index (χ2n) is 4.83. The normalized spacial score (nSPS) is 14.6. The first-order valence-corrected chi connectivity index (χ1v) is 6.97. The Morgan fingerprint density at radius 2 is 2.33 bits per heavy atom. The van der Waals surface area contributed by atoms with Crippen LogP contribution >= 0.6 is 0 Å². The number of rotatable bonds is 4. The highest BCUT2D eigenvalue weighted by molar-refractivity contribution is 5.92. The number of amides is 1. The third kappa shape index (κ3) is 3.35. The fourth-order valence-corrected chi connectivity index (χ4v) is 2.20. The molecule has 0 radical (unpaired) electrons. The van der Waals surface area contributed by atoms with Gasteiger partial charge in [-0.15, -0.1) is 0 Å². The molecule has 0 spiro atoms. The van der Waals surface area contributed by atoms with Crippen LogP contribution < -0.4 is 10.6 Å². The smallest absolute Gasteiger partial charge is 0.270 e.